The summed E-state index contributed by atoms with van der Waals surface area (Å²) in [6.45, 7) is 1.75. The summed E-state index contributed by atoms with van der Waals surface area (Å²) in [6.07, 6.45) is 1.46. The third kappa shape index (κ3) is 3.40. The number of hydrogen-bond acceptors (Lipinski definition) is 5. The lowest BCUT2D eigenvalue weighted by molar-refractivity contribution is 0.600. The zero-order valence-electron chi connectivity index (χ0n) is 12.0. The van der Waals surface area contributed by atoms with E-state index in [0.717, 1.165) is 5.69 Å². The van der Waals surface area contributed by atoms with Crippen molar-refractivity contribution in [3.05, 3.63) is 58.8 Å². The van der Waals surface area contributed by atoms with Crippen molar-refractivity contribution in [3.63, 3.8) is 0 Å². The number of aromatic nitrogens is 4. The van der Waals surface area contributed by atoms with Gasteiger partial charge >= 0.3 is 0 Å². The highest BCUT2D eigenvalue weighted by atomic mass is 79.9. The second-order valence-electron chi connectivity index (χ2n) is 4.82. The van der Waals surface area contributed by atoms with E-state index in [9.17, 15) is 8.42 Å². The van der Waals surface area contributed by atoms with Crippen LogP contribution in [0, 0.1) is 6.92 Å². The summed E-state index contributed by atoms with van der Waals surface area (Å²) in [5.41, 5.74) is 1.86. The van der Waals surface area contributed by atoms with Crippen molar-refractivity contribution in [1.82, 2.24) is 20.2 Å². The van der Waals surface area contributed by atoms with Crippen LogP contribution in [0.1, 0.15) is 5.56 Å². The fourth-order valence-corrected chi connectivity index (χ4v) is 3.88. The minimum atomic E-state index is -3.66. The van der Waals surface area contributed by atoms with Crippen LogP contribution in [0.3, 0.4) is 0 Å². The number of hydrogen-bond donors (Lipinski definition) is 1. The van der Waals surface area contributed by atoms with Gasteiger partial charge in [-0.1, -0.05) is 22.0 Å². The molecule has 0 bridgehead atoms. The maximum Gasteiger partial charge on any atom is 0.262 e. The molecular weight excluding hydrogens is 382 g/mol. The van der Waals surface area contributed by atoms with E-state index in [1.54, 1.807) is 49.4 Å². The van der Waals surface area contributed by atoms with Crippen LogP contribution in [0.5, 0.6) is 0 Å². The Hall–Kier alpha value is -2.26. The number of nitrogens with zero attached hydrogens (tertiary/aromatic N) is 4. The monoisotopic (exact) mass is 393 g/mol. The minimum absolute atomic E-state index is 0.233. The molecule has 1 heterocycles. The molecule has 0 saturated carbocycles. The number of tetrazole rings is 1. The molecular formula is C14H12BrN5O2S. The molecule has 23 heavy (non-hydrogen) atoms. The number of aryl methyl sites for hydroxylation is 1. The molecule has 0 fully saturated rings. The minimum Gasteiger partial charge on any atom is -0.280 e. The van der Waals surface area contributed by atoms with Crippen molar-refractivity contribution in [2.24, 2.45) is 0 Å². The number of rotatable bonds is 4. The van der Waals surface area contributed by atoms with E-state index in [1.165, 1.54) is 11.0 Å². The highest BCUT2D eigenvalue weighted by Gasteiger charge is 2.17. The van der Waals surface area contributed by atoms with Crippen LogP contribution in [0.15, 0.2) is 58.2 Å². The first-order valence-corrected chi connectivity index (χ1v) is 8.86. The number of sulfonamides is 1. The van der Waals surface area contributed by atoms with Gasteiger partial charge in [-0.15, -0.1) is 5.10 Å². The van der Waals surface area contributed by atoms with Crippen molar-refractivity contribution >= 4 is 31.6 Å². The van der Waals surface area contributed by atoms with E-state index >= 15 is 0 Å². The molecule has 0 aliphatic rings. The van der Waals surface area contributed by atoms with Gasteiger partial charge in [0.05, 0.1) is 10.6 Å². The van der Waals surface area contributed by atoms with E-state index in [-0.39, 0.29) is 4.90 Å². The molecule has 1 aromatic heterocycles. The van der Waals surface area contributed by atoms with E-state index in [0.29, 0.717) is 15.7 Å². The Morgan fingerprint density at radius 1 is 1.13 bits per heavy atom. The van der Waals surface area contributed by atoms with E-state index < -0.39 is 10.0 Å². The summed E-state index contributed by atoms with van der Waals surface area (Å²) in [6, 6.07) is 11.9. The van der Waals surface area contributed by atoms with Crippen molar-refractivity contribution < 1.29 is 8.42 Å². The smallest absolute Gasteiger partial charge is 0.262 e. The summed E-state index contributed by atoms with van der Waals surface area (Å²) in [5.74, 6) is 0. The Morgan fingerprint density at radius 3 is 2.52 bits per heavy atom. The highest BCUT2D eigenvalue weighted by molar-refractivity contribution is 9.10. The number of anilines is 1. The summed E-state index contributed by atoms with van der Waals surface area (Å²) >= 11 is 3.29. The predicted octanol–water partition coefficient (Wildman–Crippen LogP) is 2.53. The third-order valence-electron chi connectivity index (χ3n) is 3.17. The highest BCUT2D eigenvalue weighted by Crippen LogP contribution is 2.23. The summed E-state index contributed by atoms with van der Waals surface area (Å²) in [4.78, 5) is 0.233. The molecule has 0 radical (unpaired) electrons. The number of benzene rings is 2. The maximum absolute atomic E-state index is 12.5. The lowest BCUT2D eigenvalue weighted by Gasteiger charge is -2.11. The molecule has 1 N–H and O–H groups in total. The largest absolute Gasteiger partial charge is 0.280 e. The first-order valence-electron chi connectivity index (χ1n) is 6.58. The van der Waals surface area contributed by atoms with Gasteiger partial charge in [0.2, 0.25) is 0 Å². The van der Waals surface area contributed by atoms with Gasteiger partial charge in [0.25, 0.3) is 10.0 Å². The molecule has 0 aliphatic carbocycles. The van der Waals surface area contributed by atoms with Crippen LogP contribution < -0.4 is 4.72 Å². The third-order valence-corrected chi connectivity index (χ3v) is 5.19. The topological polar surface area (TPSA) is 89.8 Å². The van der Waals surface area contributed by atoms with Crippen LogP contribution in [-0.2, 0) is 10.0 Å². The van der Waals surface area contributed by atoms with Gasteiger partial charge in [0, 0.05) is 10.2 Å². The Morgan fingerprint density at radius 2 is 1.87 bits per heavy atom. The molecule has 0 amide bonds. The molecule has 3 aromatic rings. The maximum atomic E-state index is 12.5. The molecule has 0 spiro atoms. The Balaban J connectivity index is 1.87. The first-order chi connectivity index (χ1) is 11.0. The Labute approximate surface area is 141 Å². The molecule has 0 atom stereocenters. The molecule has 9 heteroatoms. The number of nitrogens with one attached hydrogen (secondary N) is 1. The Kier molecular flexibility index (Phi) is 4.14. The zero-order valence-corrected chi connectivity index (χ0v) is 14.4. The molecule has 3 rings (SSSR count). The average Bonchev–Trinajstić information content (AvgIpc) is 3.04. The summed E-state index contributed by atoms with van der Waals surface area (Å²) in [5, 5.41) is 10.9. The molecule has 0 saturated heterocycles. The van der Waals surface area contributed by atoms with Crippen LogP contribution in [0.4, 0.5) is 5.69 Å². The van der Waals surface area contributed by atoms with Crippen molar-refractivity contribution in [2.45, 2.75) is 11.8 Å². The molecule has 2 aromatic carbocycles. The van der Waals surface area contributed by atoms with Gasteiger partial charge in [0.1, 0.15) is 6.33 Å². The first kappa shape index (κ1) is 15.6. The average molecular weight is 394 g/mol. The lowest BCUT2D eigenvalue weighted by Crippen LogP contribution is -2.14. The molecule has 118 valence electrons. The summed E-state index contributed by atoms with van der Waals surface area (Å²) < 4.78 is 29.8. The van der Waals surface area contributed by atoms with Crippen LogP contribution in [-0.4, -0.2) is 28.6 Å². The predicted molar refractivity (Wildman–Crippen MR) is 88.8 cm³/mol. The van der Waals surface area contributed by atoms with Gasteiger partial charge in [0.15, 0.2) is 0 Å². The van der Waals surface area contributed by atoms with Gasteiger partial charge in [-0.25, -0.2) is 13.1 Å². The lowest BCUT2D eigenvalue weighted by atomic mass is 10.2. The van der Waals surface area contributed by atoms with Gasteiger partial charge in [-0.05, 0) is 59.3 Å². The van der Waals surface area contributed by atoms with Crippen LogP contribution in [0.2, 0.25) is 0 Å². The van der Waals surface area contributed by atoms with Crippen LogP contribution in [0.25, 0.3) is 5.69 Å². The Bertz CT molecular complexity index is 924. The SMILES string of the molecule is Cc1ccc(Br)cc1S(=O)(=O)Nc1ccc(-n2cnnn2)cc1. The van der Waals surface area contributed by atoms with Gasteiger partial charge < -0.3 is 0 Å². The van der Waals surface area contributed by atoms with Gasteiger partial charge in [-0.2, -0.15) is 0 Å². The quantitative estimate of drug-likeness (QED) is 0.735. The number of halogens is 1. The van der Waals surface area contributed by atoms with E-state index in [1.807, 2.05) is 0 Å². The molecule has 0 unspecified atom stereocenters. The zero-order chi connectivity index (χ0) is 16.4. The fourth-order valence-electron chi connectivity index (χ4n) is 2.04. The van der Waals surface area contributed by atoms with Crippen molar-refractivity contribution in [2.75, 3.05) is 4.72 Å². The molecule has 7 nitrogen and oxygen atoms in total. The van der Waals surface area contributed by atoms with Crippen molar-refractivity contribution in [1.29, 1.82) is 0 Å². The van der Waals surface area contributed by atoms with Gasteiger partial charge in [-0.3, -0.25) is 4.72 Å². The van der Waals surface area contributed by atoms with Crippen LogP contribution >= 0.6 is 15.9 Å². The van der Waals surface area contributed by atoms with E-state index in [4.69, 9.17) is 0 Å². The second-order valence-corrected chi connectivity index (χ2v) is 7.38. The fraction of sp³-hybridized carbons (Fsp3) is 0.0714. The molecule has 0 aliphatic heterocycles. The van der Waals surface area contributed by atoms with Crippen molar-refractivity contribution in [3.8, 4) is 5.69 Å². The normalized spacial score (nSPS) is 11.4. The van der Waals surface area contributed by atoms with E-state index in [2.05, 4.69) is 36.2 Å². The standard InChI is InChI=1S/C14H12BrN5O2S/c1-10-2-3-11(15)8-14(10)23(21,22)17-12-4-6-13(7-5-12)20-9-16-18-19-20/h2-9,17H,1H3. The second kappa shape index (κ2) is 6.09. The summed E-state index contributed by atoms with van der Waals surface area (Å²) in [7, 11) is -3.66.